The van der Waals surface area contributed by atoms with Crippen LogP contribution >= 0.6 is 12.2 Å². The number of hydrogen-bond acceptors (Lipinski definition) is 3. The van der Waals surface area contributed by atoms with Gasteiger partial charge in [-0.2, -0.15) is 0 Å². The predicted octanol–water partition coefficient (Wildman–Crippen LogP) is 1.12. The van der Waals surface area contributed by atoms with E-state index in [4.69, 9.17) is 12.2 Å². The van der Waals surface area contributed by atoms with Gasteiger partial charge in [0.25, 0.3) is 0 Å². The van der Waals surface area contributed by atoms with E-state index in [0.29, 0.717) is 12.1 Å². The minimum Gasteiger partial charge on any atom is -0.307 e. The summed E-state index contributed by atoms with van der Waals surface area (Å²) in [6, 6.07) is 8.46. The fourth-order valence-electron chi connectivity index (χ4n) is 1.04. The Kier molecular flexibility index (Phi) is 5.59. The molecule has 6 nitrogen and oxygen atoms in total. The molecule has 0 aliphatic heterocycles. The number of carbonyl (C=O) groups is 2. The smallest absolute Gasteiger partial charge is 0.307 e. The van der Waals surface area contributed by atoms with Gasteiger partial charge in [0.15, 0.2) is 5.11 Å². The first-order valence-corrected chi connectivity index (χ1v) is 5.74. The van der Waals surface area contributed by atoms with E-state index in [1.165, 1.54) is 0 Å². The molecule has 96 valence electrons. The maximum Gasteiger partial charge on any atom is 0.337 e. The predicted molar refractivity (Wildman–Crippen MR) is 72.8 cm³/mol. The fourth-order valence-corrected chi connectivity index (χ4v) is 1.21. The molecule has 1 rings (SSSR count). The monoisotopic (exact) mass is 266 g/mol. The van der Waals surface area contributed by atoms with Crippen LogP contribution in [0.25, 0.3) is 0 Å². The van der Waals surface area contributed by atoms with Crippen molar-refractivity contribution in [1.29, 1.82) is 0 Å². The quantitative estimate of drug-likeness (QED) is 0.477. The first kappa shape index (κ1) is 13.9. The Hall–Kier alpha value is -2.15. The number of hydrazine groups is 1. The van der Waals surface area contributed by atoms with Crippen molar-refractivity contribution in [2.24, 2.45) is 0 Å². The number of amides is 3. The molecule has 0 bridgehead atoms. The number of urea groups is 1. The number of anilines is 1. The van der Waals surface area contributed by atoms with Gasteiger partial charge in [-0.15, -0.1) is 0 Å². The summed E-state index contributed by atoms with van der Waals surface area (Å²) in [6.45, 7) is 1.70. The Morgan fingerprint density at radius 1 is 1.17 bits per heavy atom. The number of benzene rings is 1. The second kappa shape index (κ2) is 7.23. The van der Waals surface area contributed by atoms with E-state index in [1.54, 1.807) is 31.2 Å². The molecule has 1 aromatic carbocycles. The Balaban J connectivity index is 2.29. The molecule has 7 heteroatoms. The second-order valence-corrected chi connectivity index (χ2v) is 3.71. The van der Waals surface area contributed by atoms with Crippen LogP contribution in [0.2, 0.25) is 0 Å². The van der Waals surface area contributed by atoms with Gasteiger partial charge in [0, 0.05) is 12.1 Å². The second-order valence-electron chi connectivity index (χ2n) is 3.30. The van der Waals surface area contributed by atoms with E-state index in [2.05, 4.69) is 21.5 Å². The standard InChI is InChI=1S/C11H14N4O2S/c1-2-9(16)13-11(18)15-14-10(17)12-8-6-4-3-5-7-8/h3-7H,2H2,1H3,(H2,12,14,17)(H2,13,15,16,18). The van der Waals surface area contributed by atoms with Crippen LogP contribution in [0.4, 0.5) is 10.5 Å². The SMILES string of the molecule is CCC(=O)NC(=S)NNC(=O)Nc1ccccc1. The highest BCUT2D eigenvalue weighted by Gasteiger charge is 2.03. The van der Waals surface area contributed by atoms with Crippen LogP contribution in [0.3, 0.4) is 0 Å². The van der Waals surface area contributed by atoms with E-state index in [0.717, 1.165) is 0 Å². The van der Waals surface area contributed by atoms with Gasteiger partial charge in [0.05, 0.1) is 0 Å². The maximum atomic E-state index is 11.4. The van der Waals surface area contributed by atoms with E-state index >= 15 is 0 Å². The molecule has 0 aromatic heterocycles. The number of hydrogen-bond donors (Lipinski definition) is 4. The van der Waals surface area contributed by atoms with Crippen LogP contribution in [0.5, 0.6) is 0 Å². The lowest BCUT2D eigenvalue weighted by atomic mass is 10.3. The highest BCUT2D eigenvalue weighted by atomic mass is 32.1. The fraction of sp³-hybridized carbons (Fsp3) is 0.182. The van der Waals surface area contributed by atoms with E-state index in [-0.39, 0.29) is 11.0 Å². The first-order chi connectivity index (χ1) is 8.61. The summed E-state index contributed by atoms with van der Waals surface area (Å²) >= 11 is 4.79. The van der Waals surface area contributed by atoms with Gasteiger partial charge in [-0.05, 0) is 24.4 Å². The summed E-state index contributed by atoms with van der Waals surface area (Å²) in [7, 11) is 0. The highest BCUT2D eigenvalue weighted by molar-refractivity contribution is 7.80. The topological polar surface area (TPSA) is 82.3 Å². The summed E-state index contributed by atoms with van der Waals surface area (Å²) in [5.74, 6) is -0.224. The van der Waals surface area contributed by atoms with Gasteiger partial charge < -0.3 is 10.6 Å². The van der Waals surface area contributed by atoms with E-state index < -0.39 is 6.03 Å². The van der Waals surface area contributed by atoms with Crippen molar-refractivity contribution in [2.75, 3.05) is 5.32 Å². The molecule has 1 aromatic rings. The third kappa shape index (κ3) is 5.26. The number of nitrogens with one attached hydrogen (secondary N) is 4. The number of rotatable bonds is 2. The third-order valence-electron chi connectivity index (χ3n) is 1.90. The molecular formula is C11H14N4O2S. The van der Waals surface area contributed by atoms with Crippen LogP contribution in [-0.2, 0) is 4.79 Å². The Morgan fingerprint density at radius 2 is 1.83 bits per heavy atom. The molecule has 0 atom stereocenters. The molecule has 18 heavy (non-hydrogen) atoms. The van der Waals surface area contributed by atoms with Crippen molar-refractivity contribution in [1.82, 2.24) is 16.2 Å². The van der Waals surface area contributed by atoms with Crippen molar-refractivity contribution in [2.45, 2.75) is 13.3 Å². The minimum atomic E-state index is -0.478. The molecule has 0 unspecified atom stereocenters. The molecule has 0 radical (unpaired) electrons. The Labute approximate surface area is 110 Å². The Morgan fingerprint density at radius 3 is 2.44 bits per heavy atom. The van der Waals surface area contributed by atoms with Gasteiger partial charge in [-0.25, -0.2) is 10.2 Å². The van der Waals surface area contributed by atoms with E-state index in [1.807, 2.05) is 6.07 Å². The van der Waals surface area contributed by atoms with Gasteiger partial charge >= 0.3 is 6.03 Å². The van der Waals surface area contributed by atoms with Crippen molar-refractivity contribution < 1.29 is 9.59 Å². The van der Waals surface area contributed by atoms with Gasteiger partial charge in [-0.1, -0.05) is 25.1 Å². The van der Waals surface area contributed by atoms with Crippen molar-refractivity contribution in [3.63, 3.8) is 0 Å². The summed E-state index contributed by atoms with van der Waals surface area (Å²) in [5.41, 5.74) is 5.36. The average molecular weight is 266 g/mol. The molecule has 0 heterocycles. The summed E-state index contributed by atoms with van der Waals surface area (Å²) in [4.78, 5) is 22.4. The van der Waals surface area contributed by atoms with Crippen LogP contribution in [0, 0.1) is 0 Å². The molecule has 0 fully saturated rings. The zero-order valence-electron chi connectivity index (χ0n) is 9.82. The lowest BCUT2D eigenvalue weighted by molar-refractivity contribution is -0.119. The normalized spacial score (nSPS) is 9.17. The molecule has 0 aliphatic rings. The Bertz CT molecular complexity index is 436. The minimum absolute atomic E-state index is 0.0464. The summed E-state index contributed by atoms with van der Waals surface area (Å²) < 4.78 is 0. The molecule has 0 spiro atoms. The van der Waals surface area contributed by atoms with Crippen LogP contribution in [0.1, 0.15) is 13.3 Å². The first-order valence-electron chi connectivity index (χ1n) is 5.33. The zero-order valence-corrected chi connectivity index (χ0v) is 10.6. The molecule has 0 aliphatic carbocycles. The largest absolute Gasteiger partial charge is 0.337 e. The molecule has 3 amide bonds. The van der Waals surface area contributed by atoms with Crippen molar-refractivity contribution >= 4 is 35.0 Å². The van der Waals surface area contributed by atoms with Crippen LogP contribution in [0.15, 0.2) is 30.3 Å². The zero-order chi connectivity index (χ0) is 13.4. The van der Waals surface area contributed by atoms with Gasteiger partial charge in [-0.3, -0.25) is 10.2 Å². The molecule has 4 N–H and O–H groups in total. The lowest BCUT2D eigenvalue weighted by Gasteiger charge is -2.11. The van der Waals surface area contributed by atoms with Gasteiger partial charge in [0.2, 0.25) is 5.91 Å². The lowest BCUT2D eigenvalue weighted by Crippen LogP contribution is -2.49. The average Bonchev–Trinajstić information content (AvgIpc) is 2.37. The number of carbonyl (C=O) groups excluding carboxylic acids is 2. The van der Waals surface area contributed by atoms with E-state index in [9.17, 15) is 9.59 Å². The summed E-state index contributed by atoms with van der Waals surface area (Å²) in [5, 5.41) is 5.01. The van der Waals surface area contributed by atoms with Crippen molar-refractivity contribution in [3.8, 4) is 0 Å². The van der Waals surface area contributed by atoms with Gasteiger partial charge in [0.1, 0.15) is 0 Å². The number of thiocarbonyl (C=S) groups is 1. The number of para-hydroxylation sites is 1. The summed E-state index contributed by atoms with van der Waals surface area (Å²) in [6.07, 6.45) is 0.317. The highest BCUT2D eigenvalue weighted by Crippen LogP contribution is 2.03. The third-order valence-corrected chi connectivity index (χ3v) is 2.10. The van der Waals surface area contributed by atoms with Crippen molar-refractivity contribution in [3.05, 3.63) is 30.3 Å². The van der Waals surface area contributed by atoms with Crippen LogP contribution in [-0.4, -0.2) is 17.1 Å². The maximum absolute atomic E-state index is 11.4. The molecule has 0 saturated heterocycles. The molecular weight excluding hydrogens is 252 g/mol. The van der Waals surface area contributed by atoms with Crippen LogP contribution < -0.4 is 21.5 Å². The molecule has 0 saturated carbocycles.